The van der Waals surface area contributed by atoms with E-state index in [1.165, 1.54) is 23.2 Å². The molecule has 92 valence electrons. The van der Waals surface area contributed by atoms with Crippen LogP contribution in [-0.2, 0) is 19.4 Å². The summed E-state index contributed by atoms with van der Waals surface area (Å²) in [5, 5.41) is 0. The quantitative estimate of drug-likeness (QED) is 0.789. The predicted octanol–water partition coefficient (Wildman–Crippen LogP) is 2.69. The van der Waals surface area contributed by atoms with Gasteiger partial charge >= 0.3 is 0 Å². The van der Waals surface area contributed by atoms with Gasteiger partial charge in [-0.05, 0) is 42.9 Å². The number of rotatable bonds is 2. The van der Waals surface area contributed by atoms with Crippen molar-refractivity contribution in [3.05, 3.63) is 69.1 Å². The van der Waals surface area contributed by atoms with Crippen LogP contribution in [-0.4, -0.2) is 4.57 Å². The Bertz CT molecular complexity index is 626. The van der Waals surface area contributed by atoms with Crippen LogP contribution in [0.4, 0.5) is 0 Å². The maximum atomic E-state index is 12.2. The molecule has 2 nitrogen and oxygen atoms in total. The van der Waals surface area contributed by atoms with Gasteiger partial charge in [0.1, 0.15) is 0 Å². The summed E-state index contributed by atoms with van der Waals surface area (Å²) in [6.07, 6.45) is 3.34. The Kier molecular flexibility index (Phi) is 2.78. The molecule has 1 aliphatic carbocycles. The van der Waals surface area contributed by atoms with Crippen molar-refractivity contribution in [3.8, 4) is 0 Å². The van der Waals surface area contributed by atoms with Crippen LogP contribution < -0.4 is 5.56 Å². The Morgan fingerprint density at radius 3 is 2.72 bits per heavy atom. The van der Waals surface area contributed by atoms with Gasteiger partial charge in [0.2, 0.25) is 0 Å². The average Bonchev–Trinajstić information content (AvgIpc) is 2.85. The lowest BCUT2D eigenvalue weighted by Gasteiger charge is -2.13. The second kappa shape index (κ2) is 4.45. The average molecular weight is 239 g/mol. The van der Waals surface area contributed by atoms with Gasteiger partial charge in [-0.25, -0.2) is 0 Å². The monoisotopic (exact) mass is 239 g/mol. The molecule has 0 spiro atoms. The molecule has 0 radical (unpaired) electrons. The summed E-state index contributed by atoms with van der Waals surface area (Å²) in [5.74, 6) is 0. The Balaban J connectivity index is 2.08. The molecule has 1 heterocycles. The highest BCUT2D eigenvalue weighted by molar-refractivity contribution is 5.34. The first-order chi connectivity index (χ1) is 8.75. The van der Waals surface area contributed by atoms with Crippen LogP contribution in [0, 0.1) is 6.92 Å². The van der Waals surface area contributed by atoms with Crippen molar-refractivity contribution < 1.29 is 0 Å². The number of hydrogen-bond donors (Lipinski definition) is 0. The summed E-state index contributed by atoms with van der Waals surface area (Å²) in [6.45, 7) is 2.75. The highest BCUT2D eigenvalue weighted by Gasteiger charge is 2.18. The van der Waals surface area contributed by atoms with Gasteiger partial charge in [0.05, 0.1) is 6.54 Å². The first-order valence-electron chi connectivity index (χ1n) is 6.52. The van der Waals surface area contributed by atoms with Crippen LogP contribution in [0.25, 0.3) is 0 Å². The summed E-state index contributed by atoms with van der Waals surface area (Å²) in [7, 11) is 0. The molecule has 0 unspecified atom stereocenters. The highest BCUT2D eigenvalue weighted by atomic mass is 16.1. The zero-order valence-electron chi connectivity index (χ0n) is 10.6. The Morgan fingerprint density at radius 1 is 1.17 bits per heavy atom. The predicted molar refractivity (Wildman–Crippen MR) is 73.0 cm³/mol. The van der Waals surface area contributed by atoms with Crippen molar-refractivity contribution in [1.29, 1.82) is 0 Å². The molecular weight excluding hydrogens is 222 g/mol. The minimum absolute atomic E-state index is 0.136. The molecule has 0 aliphatic heterocycles. The summed E-state index contributed by atoms with van der Waals surface area (Å²) >= 11 is 0. The van der Waals surface area contributed by atoms with E-state index in [0.717, 1.165) is 18.4 Å². The standard InChI is InChI=1S/C16H17NO/c1-12-10-16(18)17(15-9-5-8-14(12)15)11-13-6-3-2-4-7-13/h2-4,6-7,10H,5,8-9,11H2,1H3. The van der Waals surface area contributed by atoms with Gasteiger partial charge in [-0.1, -0.05) is 30.3 Å². The molecule has 3 rings (SSSR count). The summed E-state index contributed by atoms with van der Waals surface area (Å²) < 4.78 is 1.95. The molecule has 0 amide bonds. The zero-order chi connectivity index (χ0) is 12.5. The van der Waals surface area contributed by atoms with Crippen LogP contribution in [0.2, 0.25) is 0 Å². The molecule has 0 atom stereocenters. The van der Waals surface area contributed by atoms with Gasteiger partial charge in [0.25, 0.3) is 5.56 Å². The molecule has 1 aromatic heterocycles. The summed E-state index contributed by atoms with van der Waals surface area (Å²) in [4.78, 5) is 12.2. The van der Waals surface area contributed by atoms with E-state index >= 15 is 0 Å². The lowest BCUT2D eigenvalue weighted by molar-refractivity contribution is 0.706. The second-order valence-electron chi connectivity index (χ2n) is 5.02. The van der Waals surface area contributed by atoms with Gasteiger partial charge in [-0.3, -0.25) is 4.79 Å². The highest BCUT2D eigenvalue weighted by Crippen LogP contribution is 2.23. The third-order valence-electron chi connectivity index (χ3n) is 3.78. The van der Waals surface area contributed by atoms with E-state index in [1.54, 1.807) is 6.07 Å². The van der Waals surface area contributed by atoms with E-state index in [2.05, 4.69) is 19.1 Å². The summed E-state index contributed by atoms with van der Waals surface area (Å²) in [5.41, 5.74) is 5.14. The Labute approximate surface area is 107 Å². The fourth-order valence-corrected chi connectivity index (χ4v) is 2.87. The van der Waals surface area contributed by atoms with Crippen molar-refractivity contribution in [3.63, 3.8) is 0 Å². The number of pyridine rings is 1. The van der Waals surface area contributed by atoms with Crippen LogP contribution in [0.5, 0.6) is 0 Å². The number of aryl methyl sites for hydroxylation is 1. The number of fused-ring (bicyclic) bond motifs is 1. The maximum Gasteiger partial charge on any atom is 0.251 e. The van der Waals surface area contributed by atoms with Crippen LogP contribution in [0.1, 0.15) is 28.8 Å². The largest absolute Gasteiger partial charge is 0.308 e. The van der Waals surface area contributed by atoms with E-state index in [-0.39, 0.29) is 5.56 Å². The van der Waals surface area contributed by atoms with Gasteiger partial charge in [-0.15, -0.1) is 0 Å². The molecule has 1 aromatic carbocycles. The van der Waals surface area contributed by atoms with Gasteiger partial charge < -0.3 is 4.57 Å². The first-order valence-corrected chi connectivity index (χ1v) is 6.52. The van der Waals surface area contributed by atoms with Crippen molar-refractivity contribution in [2.45, 2.75) is 32.7 Å². The molecule has 18 heavy (non-hydrogen) atoms. The molecule has 0 bridgehead atoms. The normalized spacial score (nSPS) is 13.6. The summed E-state index contributed by atoms with van der Waals surface area (Å²) in [6, 6.07) is 12.0. The topological polar surface area (TPSA) is 22.0 Å². The van der Waals surface area contributed by atoms with E-state index < -0.39 is 0 Å². The fraction of sp³-hybridized carbons (Fsp3) is 0.312. The van der Waals surface area contributed by atoms with E-state index in [4.69, 9.17) is 0 Å². The molecule has 2 heteroatoms. The van der Waals surface area contributed by atoms with Crippen molar-refractivity contribution in [2.75, 3.05) is 0 Å². The first kappa shape index (κ1) is 11.3. The third kappa shape index (κ3) is 1.88. The van der Waals surface area contributed by atoms with Crippen molar-refractivity contribution in [1.82, 2.24) is 4.57 Å². The smallest absolute Gasteiger partial charge is 0.251 e. The van der Waals surface area contributed by atoms with Crippen LogP contribution >= 0.6 is 0 Å². The van der Waals surface area contributed by atoms with Crippen molar-refractivity contribution in [2.24, 2.45) is 0 Å². The fourth-order valence-electron chi connectivity index (χ4n) is 2.87. The minimum Gasteiger partial charge on any atom is -0.308 e. The van der Waals surface area contributed by atoms with E-state index in [9.17, 15) is 4.79 Å². The lowest BCUT2D eigenvalue weighted by Crippen LogP contribution is -2.24. The third-order valence-corrected chi connectivity index (χ3v) is 3.78. The molecule has 0 fully saturated rings. The molecule has 1 aliphatic rings. The van der Waals surface area contributed by atoms with Gasteiger partial charge in [0, 0.05) is 11.8 Å². The molecule has 0 saturated heterocycles. The van der Waals surface area contributed by atoms with E-state index in [1.807, 2.05) is 22.8 Å². The van der Waals surface area contributed by atoms with E-state index in [0.29, 0.717) is 6.54 Å². The van der Waals surface area contributed by atoms with Crippen LogP contribution in [0.15, 0.2) is 41.2 Å². The Morgan fingerprint density at radius 2 is 1.94 bits per heavy atom. The molecular formula is C16H17NO. The molecule has 0 N–H and O–H groups in total. The second-order valence-corrected chi connectivity index (χ2v) is 5.02. The maximum absolute atomic E-state index is 12.2. The Hall–Kier alpha value is -1.83. The lowest BCUT2D eigenvalue weighted by atomic mass is 10.1. The van der Waals surface area contributed by atoms with Crippen molar-refractivity contribution >= 4 is 0 Å². The zero-order valence-corrected chi connectivity index (χ0v) is 10.6. The van der Waals surface area contributed by atoms with Gasteiger partial charge in [0.15, 0.2) is 0 Å². The van der Waals surface area contributed by atoms with Gasteiger partial charge in [-0.2, -0.15) is 0 Å². The minimum atomic E-state index is 0.136. The number of hydrogen-bond acceptors (Lipinski definition) is 1. The number of benzene rings is 1. The molecule has 2 aromatic rings. The molecule has 0 saturated carbocycles. The van der Waals surface area contributed by atoms with Crippen LogP contribution in [0.3, 0.4) is 0 Å². The number of nitrogens with zero attached hydrogens (tertiary/aromatic N) is 1. The number of aromatic nitrogens is 1. The SMILES string of the molecule is Cc1cc(=O)n(Cc2ccccc2)c2c1CCC2.